The van der Waals surface area contributed by atoms with E-state index in [0.29, 0.717) is 25.5 Å². The molecule has 1 saturated heterocycles. The fraction of sp³-hybridized carbons (Fsp3) is 0.364. The summed E-state index contributed by atoms with van der Waals surface area (Å²) in [6.07, 6.45) is 6.10. The number of nitrogens with one attached hydrogen (secondary N) is 1. The van der Waals surface area contributed by atoms with E-state index in [1.165, 1.54) is 6.07 Å². The molecule has 0 saturated carbocycles. The molecule has 0 bridgehead atoms. The predicted molar refractivity (Wildman–Crippen MR) is 113 cm³/mol. The van der Waals surface area contributed by atoms with Gasteiger partial charge >= 0.3 is 0 Å². The van der Waals surface area contributed by atoms with Crippen molar-refractivity contribution in [2.24, 2.45) is 0 Å². The van der Waals surface area contributed by atoms with Gasteiger partial charge in [-0.05, 0) is 24.3 Å². The second-order valence-corrected chi connectivity index (χ2v) is 7.73. The largest absolute Gasteiger partial charge is 0.368 e. The van der Waals surface area contributed by atoms with Crippen LogP contribution in [0.5, 0.6) is 0 Å². The monoisotopic (exact) mass is 424 g/mol. The van der Waals surface area contributed by atoms with Gasteiger partial charge in [0.05, 0.1) is 36.9 Å². The standard InChI is InChI=1S/C22H25FN6O2/c1-15(2)22-24-7-8-29(22)14-21(30)28-9-10-31-19(13-28)18-5-4-17(12-25-18)27-20-6-3-16(23)11-26-20/h3-8,11-12,15,19H,9-10,13-14H2,1-2H3,(H,26,27)/t19-/m0/s1. The normalized spacial score (nSPS) is 16.5. The van der Waals surface area contributed by atoms with Crippen LogP contribution in [0.2, 0.25) is 0 Å². The van der Waals surface area contributed by atoms with E-state index >= 15 is 0 Å². The summed E-state index contributed by atoms with van der Waals surface area (Å²) >= 11 is 0. The number of carbonyl (C=O) groups is 1. The molecule has 0 aliphatic carbocycles. The third-order valence-electron chi connectivity index (χ3n) is 5.10. The molecule has 3 aromatic heterocycles. The molecule has 1 aliphatic heterocycles. The number of halogens is 1. The summed E-state index contributed by atoms with van der Waals surface area (Å²) in [4.78, 5) is 27.5. The van der Waals surface area contributed by atoms with E-state index in [-0.39, 0.29) is 30.3 Å². The lowest BCUT2D eigenvalue weighted by atomic mass is 10.1. The van der Waals surface area contributed by atoms with Gasteiger partial charge in [0, 0.05) is 24.9 Å². The minimum Gasteiger partial charge on any atom is -0.368 e. The highest BCUT2D eigenvalue weighted by atomic mass is 19.1. The molecule has 1 fully saturated rings. The highest BCUT2D eigenvalue weighted by Crippen LogP contribution is 2.23. The molecule has 1 atom stereocenters. The minimum absolute atomic E-state index is 0.0360. The highest BCUT2D eigenvalue weighted by molar-refractivity contribution is 5.76. The summed E-state index contributed by atoms with van der Waals surface area (Å²) in [5, 5.41) is 3.07. The van der Waals surface area contributed by atoms with Crippen molar-refractivity contribution in [1.82, 2.24) is 24.4 Å². The molecule has 162 valence electrons. The van der Waals surface area contributed by atoms with Crippen molar-refractivity contribution in [1.29, 1.82) is 0 Å². The van der Waals surface area contributed by atoms with Crippen LogP contribution in [-0.2, 0) is 16.1 Å². The molecule has 1 N–H and O–H groups in total. The van der Waals surface area contributed by atoms with Gasteiger partial charge in [0.25, 0.3) is 0 Å². The minimum atomic E-state index is -0.388. The molecule has 0 aromatic carbocycles. The number of anilines is 2. The molecule has 0 spiro atoms. The first-order chi connectivity index (χ1) is 15.0. The van der Waals surface area contributed by atoms with Crippen LogP contribution in [0.25, 0.3) is 0 Å². The summed E-state index contributed by atoms with van der Waals surface area (Å²) in [6.45, 7) is 5.84. The SMILES string of the molecule is CC(C)c1nccn1CC(=O)N1CCO[C@H](c2ccc(Nc3ccc(F)cn3)cn2)C1. The molecule has 8 nitrogen and oxygen atoms in total. The van der Waals surface area contributed by atoms with E-state index in [1.54, 1.807) is 18.5 Å². The average Bonchev–Trinajstić information content (AvgIpc) is 3.24. The lowest BCUT2D eigenvalue weighted by Gasteiger charge is -2.33. The number of ether oxygens (including phenoxy) is 1. The van der Waals surface area contributed by atoms with E-state index in [2.05, 4.69) is 34.1 Å². The number of pyridine rings is 2. The first-order valence-corrected chi connectivity index (χ1v) is 10.2. The van der Waals surface area contributed by atoms with Gasteiger partial charge in [0.15, 0.2) is 0 Å². The molecule has 1 amide bonds. The van der Waals surface area contributed by atoms with Crippen LogP contribution >= 0.6 is 0 Å². The third-order valence-corrected chi connectivity index (χ3v) is 5.10. The van der Waals surface area contributed by atoms with Crippen molar-refractivity contribution >= 4 is 17.4 Å². The lowest BCUT2D eigenvalue weighted by molar-refractivity contribution is -0.139. The number of carbonyl (C=O) groups excluding carboxylic acids is 1. The maximum absolute atomic E-state index is 13.0. The van der Waals surface area contributed by atoms with Crippen molar-refractivity contribution in [3.63, 3.8) is 0 Å². The van der Waals surface area contributed by atoms with Crippen molar-refractivity contribution in [3.05, 3.63) is 66.4 Å². The molecular weight excluding hydrogens is 399 g/mol. The Balaban J connectivity index is 1.38. The lowest BCUT2D eigenvalue weighted by Crippen LogP contribution is -2.44. The van der Waals surface area contributed by atoms with Crippen LogP contribution < -0.4 is 5.32 Å². The molecule has 0 unspecified atom stereocenters. The van der Waals surface area contributed by atoms with E-state index in [0.717, 1.165) is 23.4 Å². The number of hydrogen-bond donors (Lipinski definition) is 1. The quantitative estimate of drug-likeness (QED) is 0.654. The second kappa shape index (κ2) is 9.22. The Hall–Kier alpha value is -3.33. The zero-order chi connectivity index (χ0) is 21.8. The Morgan fingerprint density at radius 2 is 2.10 bits per heavy atom. The van der Waals surface area contributed by atoms with Gasteiger partial charge in [-0.25, -0.2) is 14.4 Å². The van der Waals surface area contributed by atoms with Crippen LogP contribution in [-0.4, -0.2) is 50.0 Å². The van der Waals surface area contributed by atoms with Gasteiger partial charge in [-0.3, -0.25) is 9.78 Å². The van der Waals surface area contributed by atoms with Gasteiger partial charge in [-0.15, -0.1) is 0 Å². The number of nitrogens with zero attached hydrogens (tertiary/aromatic N) is 5. The van der Waals surface area contributed by atoms with Gasteiger partial charge < -0.3 is 19.5 Å². The number of imidazole rings is 1. The average molecular weight is 424 g/mol. The predicted octanol–water partition coefficient (Wildman–Crippen LogP) is 3.28. The Morgan fingerprint density at radius 3 is 2.81 bits per heavy atom. The summed E-state index contributed by atoms with van der Waals surface area (Å²) in [5.74, 6) is 1.33. The van der Waals surface area contributed by atoms with E-state index in [4.69, 9.17) is 4.74 Å². The highest BCUT2D eigenvalue weighted by Gasteiger charge is 2.26. The van der Waals surface area contributed by atoms with Crippen molar-refractivity contribution < 1.29 is 13.9 Å². The van der Waals surface area contributed by atoms with E-state index in [1.807, 2.05) is 27.8 Å². The Morgan fingerprint density at radius 1 is 1.23 bits per heavy atom. The smallest absolute Gasteiger partial charge is 0.242 e. The molecule has 1 aliphatic rings. The zero-order valence-electron chi connectivity index (χ0n) is 17.5. The zero-order valence-corrected chi connectivity index (χ0v) is 17.5. The first kappa shape index (κ1) is 20.9. The number of morpholine rings is 1. The van der Waals surface area contributed by atoms with Gasteiger partial charge in [0.2, 0.25) is 5.91 Å². The summed E-state index contributed by atoms with van der Waals surface area (Å²) in [5.41, 5.74) is 1.48. The molecule has 3 aromatic rings. The van der Waals surface area contributed by atoms with Gasteiger partial charge in [-0.1, -0.05) is 13.8 Å². The van der Waals surface area contributed by atoms with Crippen molar-refractivity contribution in [2.45, 2.75) is 32.4 Å². The molecule has 31 heavy (non-hydrogen) atoms. The van der Waals surface area contributed by atoms with Crippen molar-refractivity contribution in [3.8, 4) is 0 Å². The van der Waals surface area contributed by atoms with Crippen LogP contribution in [0, 0.1) is 5.82 Å². The Kier molecular flexibility index (Phi) is 6.22. The topological polar surface area (TPSA) is 85.2 Å². The summed E-state index contributed by atoms with van der Waals surface area (Å²) in [6, 6.07) is 6.61. The summed E-state index contributed by atoms with van der Waals surface area (Å²) in [7, 11) is 0. The molecule has 0 radical (unpaired) electrons. The number of rotatable bonds is 6. The second-order valence-electron chi connectivity index (χ2n) is 7.73. The first-order valence-electron chi connectivity index (χ1n) is 10.2. The fourth-order valence-electron chi connectivity index (χ4n) is 3.52. The molecule has 9 heteroatoms. The van der Waals surface area contributed by atoms with Crippen molar-refractivity contribution in [2.75, 3.05) is 25.0 Å². The Bertz CT molecular complexity index is 1020. The maximum Gasteiger partial charge on any atom is 0.242 e. The number of hydrogen-bond acceptors (Lipinski definition) is 6. The molecular formula is C22H25FN6O2. The van der Waals surface area contributed by atoms with Crippen LogP contribution in [0.1, 0.15) is 37.4 Å². The molecule has 4 rings (SSSR count). The maximum atomic E-state index is 13.0. The molecule has 4 heterocycles. The number of aromatic nitrogens is 4. The van der Waals surface area contributed by atoms with Gasteiger partial charge in [0.1, 0.15) is 30.1 Å². The summed E-state index contributed by atoms with van der Waals surface area (Å²) < 4.78 is 20.7. The van der Waals surface area contributed by atoms with Crippen LogP contribution in [0.3, 0.4) is 0 Å². The van der Waals surface area contributed by atoms with Crippen LogP contribution in [0.15, 0.2) is 49.1 Å². The van der Waals surface area contributed by atoms with Crippen LogP contribution in [0.4, 0.5) is 15.9 Å². The Labute approximate surface area is 180 Å². The third kappa shape index (κ3) is 5.05. The van der Waals surface area contributed by atoms with E-state index in [9.17, 15) is 9.18 Å². The fourth-order valence-corrected chi connectivity index (χ4v) is 3.52. The number of amides is 1. The van der Waals surface area contributed by atoms with E-state index < -0.39 is 0 Å². The van der Waals surface area contributed by atoms with Gasteiger partial charge in [-0.2, -0.15) is 0 Å².